The molecule has 2 N–H and O–H groups in total. The number of amides is 1. The van der Waals surface area contributed by atoms with Crippen LogP contribution in [0.2, 0.25) is 0 Å². The Labute approximate surface area is 153 Å². The van der Waals surface area contributed by atoms with Gasteiger partial charge in [-0.05, 0) is 31.2 Å². The molecule has 0 aliphatic carbocycles. The van der Waals surface area contributed by atoms with Crippen molar-refractivity contribution in [2.24, 2.45) is 0 Å². The highest BCUT2D eigenvalue weighted by molar-refractivity contribution is 5.80. The molecule has 0 fully saturated rings. The van der Waals surface area contributed by atoms with Gasteiger partial charge < -0.3 is 14.7 Å². The number of fused-ring (bicyclic) bond motifs is 2. The van der Waals surface area contributed by atoms with Gasteiger partial charge in [-0.1, -0.05) is 12.1 Å². The zero-order valence-corrected chi connectivity index (χ0v) is 14.6. The largest absolute Gasteiger partial charge is 0.456 e. The van der Waals surface area contributed by atoms with E-state index in [2.05, 4.69) is 15.3 Å². The maximum atomic E-state index is 13.8. The smallest absolute Gasteiger partial charge is 0.221 e. The Balaban J connectivity index is 1.40. The number of hydrogen-bond acceptors (Lipinski definition) is 3. The van der Waals surface area contributed by atoms with Crippen LogP contribution in [0.5, 0.6) is 0 Å². The summed E-state index contributed by atoms with van der Waals surface area (Å²) in [6.07, 6.45) is 0.709. The average Bonchev–Trinajstić information content (AvgIpc) is 3.23. The number of rotatable bonds is 5. The Hall–Kier alpha value is -3.22. The summed E-state index contributed by atoms with van der Waals surface area (Å²) in [5.41, 5.74) is 1.77. The summed E-state index contributed by atoms with van der Waals surface area (Å²) in [7, 11) is 0. The monoisotopic (exact) mass is 369 g/mol. The van der Waals surface area contributed by atoms with E-state index in [1.807, 2.05) is 24.3 Å². The van der Waals surface area contributed by atoms with Crippen LogP contribution in [0.15, 0.2) is 46.9 Å². The van der Waals surface area contributed by atoms with Gasteiger partial charge >= 0.3 is 0 Å². The number of aromatic amines is 1. The highest BCUT2D eigenvalue weighted by atomic mass is 19.1. The zero-order chi connectivity index (χ0) is 19.0. The van der Waals surface area contributed by atoms with Crippen molar-refractivity contribution in [1.82, 2.24) is 15.3 Å². The van der Waals surface area contributed by atoms with Gasteiger partial charge in [0.1, 0.15) is 17.4 Å². The van der Waals surface area contributed by atoms with E-state index in [0.717, 1.165) is 22.9 Å². The summed E-state index contributed by atoms with van der Waals surface area (Å²) < 4.78 is 32.5. The third-order valence-corrected chi connectivity index (χ3v) is 4.39. The van der Waals surface area contributed by atoms with E-state index in [1.54, 1.807) is 6.92 Å². The van der Waals surface area contributed by atoms with Crippen LogP contribution in [0.25, 0.3) is 22.0 Å². The Bertz CT molecular complexity index is 1100. The Morgan fingerprint density at radius 2 is 2.07 bits per heavy atom. The summed E-state index contributed by atoms with van der Waals surface area (Å²) in [5, 5.41) is 3.13. The van der Waals surface area contributed by atoms with Crippen LogP contribution in [0, 0.1) is 11.6 Å². The number of H-pyrrole nitrogens is 1. The maximum Gasteiger partial charge on any atom is 0.221 e. The number of furan rings is 1. The van der Waals surface area contributed by atoms with Crippen molar-refractivity contribution in [1.29, 1.82) is 0 Å². The second-order valence-corrected chi connectivity index (χ2v) is 6.44. The molecular weight excluding hydrogens is 352 g/mol. The number of benzene rings is 2. The van der Waals surface area contributed by atoms with E-state index in [4.69, 9.17) is 4.42 Å². The Morgan fingerprint density at radius 1 is 1.26 bits per heavy atom. The third-order valence-electron chi connectivity index (χ3n) is 4.39. The molecule has 0 spiro atoms. The molecule has 4 aromatic rings. The lowest BCUT2D eigenvalue weighted by Gasteiger charge is -2.10. The lowest BCUT2D eigenvalue weighted by atomic mass is 10.2. The van der Waals surface area contributed by atoms with Crippen molar-refractivity contribution >= 4 is 27.9 Å². The zero-order valence-electron chi connectivity index (χ0n) is 14.6. The average molecular weight is 369 g/mol. The van der Waals surface area contributed by atoms with Gasteiger partial charge in [-0.3, -0.25) is 4.79 Å². The fourth-order valence-electron chi connectivity index (χ4n) is 3.05. The van der Waals surface area contributed by atoms with E-state index >= 15 is 0 Å². The lowest BCUT2D eigenvalue weighted by Crippen LogP contribution is -2.26. The molecule has 2 aromatic heterocycles. The molecule has 0 aliphatic heterocycles. The number of imidazole rings is 1. The van der Waals surface area contributed by atoms with Crippen LogP contribution < -0.4 is 5.32 Å². The Morgan fingerprint density at radius 3 is 2.89 bits per heavy atom. The number of aromatic nitrogens is 2. The van der Waals surface area contributed by atoms with Gasteiger partial charge in [0, 0.05) is 24.3 Å². The summed E-state index contributed by atoms with van der Waals surface area (Å²) in [6.45, 7) is 1.73. The van der Waals surface area contributed by atoms with E-state index in [9.17, 15) is 13.6 Å². The van der Waals surface area contributed by atoms with Gasteiger partial charge in [-0.15, -0.1) is 0 Å². The highest BCUT2D eigenvalue weighted by Crippen LogP contribution is 2.27. The quantitative estimate of drug-likeness (QED) is 0.548. The number of nitrogens with one attached hydrogen (secondary N) is 2. The van der Waals surface area contributed by atoms with Gasteiger partial charge in [-0.25, -0.2) is 13.8 Å². The summed E-state index contributed by atoms with van der Waals surface area (Å²) in [5.74, 6) is -0.517. The van der Waals surface area contributed by atoms with Crippen molar-refractivity contribution in [3.8, 4) is 0 Å². The van der Waals surface area contributed by atoms with Crippen LogP contribution in [0.1, 0.15) is 31.0 Å². The molecule has 5 nitrogen and oxygen atoms in total. The van der Waals surface area contributed by atoms with Crippen molar-refractivity contribution in [3.05, 3.63) is 65.7 Å². The predicted molar refractivity (Wildman–Crippen MR) is 97.1 cm³/mol. The number of para-hydroxylation sites is 2. The SMILES string of the molecule is CC(NC(=O)CCc1nc2ccccc2[nH]1)c1cc2cc(F)cc(F)c2o1. The fraction of sp³-hybridized carbons (Fsp3) is 0.200. The minimum atomic E-state index is -0.764. The highest BCUT2D eigenvalue weighted by Gasteiger charge is 2.17. The van der Waals surface area contributed by atoms with Gasteiger partial charge in [0.15, 0.2) is 11.4 Å². The van der Waals surface area contributed by atoms with Gasteiger partial charge in [-0.2, -0.15) is 0 Å². The van der Waals surface area contributed by atoms with E-state index in [-0.39, 0.29) is 17.9 Å². The predicted octanol–water partition coefficient (Wildman–Crippen LogP) is 4.40. The topological polar surface area (TPSA) is 70.9 Å². The normalized spacial score (nSPS) is 12.6. The molecule has 1 unspecified atom stereocenters. The molecule has 2 aromatic carbocycles. The van der Waals surface area contributed by atoms with Gasteiger partial charge in [0.05, 0.1) is 17.1 Å². The minimum absolute atomic E-state index is 0.0187. The molecule has 138 valence electrons. The summed E-state index contributed by atoms with van der Waals surface area (Å²) >= 11 is 0. The first-order valence-corrected chi connectivity index (χ1v) is 8.61. The Kier molecular flexibility index (Phi) is 4.35. The minimum Gasteiger partial charge on any atom is -0.456 e. The molecule has 1 atom stereocenters. The first-order valence-electron chi connectivity index (χ1n) is 8.61. The van der Waals surface area contributed by atoms with Crippen molar-refractivity contribution < 1.29 is 18.0 Å². The standard InChI is InChI=1S/C20H17F2N3O2/c1-11(17-9-12-8-13(21)10-14(22)20(12)27-17)23-19(26)7-6-18-24-15-4-2-3-5-16(15)25-18/h2-5,8-11H,6-7H2,1H3,(H,23,26)(H,24,25). The van der Waals surface area contributed by atoms with E-state index in [1.165, 1.54) is 12.1 Å². The number of halogens is 2. The second-order valence-electron chi connectivity index (χ2n) is 6.44. The van der Waals surface area contributed by atoms with Crippen LogP contribution in [0.4, 0.5) is 8.78 Å². The first-order chi connectivity index (χ1) is 13.0. The summed E-state index contributed by atoms with van der Waals surface area (Å²) in [6, 6.07) is 10.7. The molecule has 4 rings (SSSR count). The third kappa shape index (κ3) is 3.53. The number of carbonyl (C=O) groups excluding carboxylic acids is 1. The lowest BCUT2D eigenvalue weighted by molar-refractivity contribution is -0.121. The van der Waals surface area contributed by atoms with Crippen molar-refractivity contribution in [2.75, 3.05) is 0 Å². The first kappa shape index (κ1) is 17.2. The van der Waals surface area contributed by atoms with Crippen LogP contribution in [0.3, 0.4) is 0 Å². The molecule has 7 heteroatoms. The van der Waals surface area contributed by atoms with Crippen LogP contribution in [-0.4, -0.2) is 15.9 Å². The molecule has 0 radical (unpaired) electrons. The molecule has 1 amide bonds. The van der Waals surface area contributed by atoms with Gasteiger partial charge in [0.25, 0.3) is 0 Å². The molecule has 27 heavy (non-hydrogen) atoms. The molecule has 0 saturated carbocycles. The second kappa shape index (κ2) is 6.83. The van der Waals surface area contributed by atoms with E-state index in [0.29, 0.717) is 17.6 Å². The molecule has 0 saturated heterocycles. The maximum absolute atomic E-state index is 13.8. The van der Waals surface area contributed by atoms with Crippen LogP contribution >= 0.6 is 0 Å². The number of hydrogen-bond donors (Lipinski definition) is 2. The van der Waals surface area contributed by atoms with E-state index < -0.39 is 17.7 Å². The molecule has 0 aliphatic rings. The van der Waals surface area contributed by atoms with Crippen molar-refractivity contribution in [2.45, 2.75) is 25.8 Å². The molecule has 2 heterocycles. The summed E-state index contributed by atoms with van der Waals surface area (Å²) in [4.78, 5) is 19.8. The number of nitrogens with zero attached hydrogens (tertiary/aromatic N) is 1. The number of carbonyl (C=O) groups is 1. The van der Waals surface area contributed by atoms with Crippen LogP contribution in [-0.2, 0) is 11.2 Å². The molecular formula is C20H17F2N3O2. The van der Waals surface area contributed by atoms with Crippen molar-refractivity contribution in [3.63, 3.8) is 0 Å². The number of aryl methyl sites for hydroxylation is 1. The fourth-order valence-corrected chi connectivity index (χ4v) is 3.05. The molecule has 0 bridgehead atoms. The van der Waals surface area contributed by atoms with Gasteiger partial charge in [0.2, 0.25) is 5.91 Å².